The zero-order valence-corrected chi connectivity index (χ0v) is 11.2. The van der Waals surface area contributed by atoms with Crippen molar-refractivity contribution in [3.8, 4) is 0 Å². The van der Waals surface area contributed by atoms with Crippen molar-refractivity contribution in [2.24, 2.45) is 5.92 Å². The van der Waals surface area contributed by atoms with E-state index in [1.165, 1.54) is 0 Å². The van der Waals surface area contributed by atoms with Gasteiger partial charge in [0.15, 0.2) is 0 Å². The molecule has 1 N–H and O–H groups in total. The summed E-state index contributed by atoms with van der Waals surface area (Å²) in [6.07, 6.45) is 5.59. The Morgan fingerprint density at radius 1 is 1.15 bits per heavy atom. The summed E-state index contributed by atoms with van der Waals surface area (Å²) < 4.78 is 0. The fourth-order valence-electron chi connectivity index (χ4n) is 3.06. The molecule has 1 amide bonds. The Morgan fingerprint density at radius 2 is 1.85 bits per heavy atom. The minimum Gasteiger partial charge on any atom is -0.481 e. The Balaban J connectivity index is 1.86. The largest absolute Gasteiger partial charge is 0.481 e. The van der Waals surface area contributed by atoms with E-state index in [9.17, 15) is 14.7 Å². The highest BCUT2D eigenvalue weighted by atomic mass is 16.4. The Morgan fingerprint density at radius 3 is 2.55 bits per heavy atom. The molecule has 0 saturated heterocycles. The van der Waals surface area contributed by atoms with E-state index in [4.69, 9.17) is 0 Å². The predicted octanol–water partition coefficient (Wildman–Crippen LogP) is 2.16. The van der Waals surface area contributed by atoms with Gasteiger partial charge in [0, 0.05) is 19.0 Å². The number of allylic oxidation sites excluding steroid dienone is 2. The van der Waals surface area contributed by atoms with Gasteiger partial charge in [0.05, 0.1) is 5.92 Å². The lowest BCUT2D eigenvalue weighted by Crippen LogP contribution is -2.42. The van der Waals surface area contributed by atoms with Crippen LogP contribution in [0.3, 0.4) is 0 Å². The molecule has 2 aliphatic rings. The van der Waals surface area contributed by atoms with Crippen LogP contribution >= 0.6 is 0 Å². The van der Waals surface area contributed by atoms with E-state index in [0.29, 0.717) is 6.54 Å². The molecule has 0 aromatic heterocycles. The number of carbonyl (C=O) groups excluding carboxylic acids is 1. The fraction of sp³-hybridized carbons (Fsp3) is 0.375. The zero-order chi connectivity index (χ0) is 14.1. The Labute approximate surface area is 117 Å². The maximum atomic E-state index is 12.5. The zero-order valence-electron chi connectivity index (χ0n) is 11.2. The number of nitrogens with zero attached hydrogens (tertiary/aromatic N) is 1. The lowest BCUT2D eigenvalue weighted by atomic mass is 9.89. The van der Waals surface area contributed by atoms with E-state index in [1.54, 1.807) is 4.90 Å². The van der Waals surface area contributed by atoms with Crippen LogP contribution in [0.1, 0.15) is 29.9 Å². The van der Waals surface area contributed by atoms with E-state index >= 15 is 0 Å². The van der Waals surface area contributed by atoms with Gasteiger partial charge in [-0.3, -0.25) is 9.59 Å². The van der Waals surface area contributed by atoms with E-state index in [2.05, 4.69) is 0 Å². The average molecular weight is 271 g/mol. The molecule has 3 rings (SSSR count). The number of hydrogen-bond acceptors (Lipinski definition) is 2. The first kappa shape index (κ1) is 12.9. The maximum Gasteiger partial charge on any atom is 0.312 e. The van der Waals surface area contributed by atoms with Gasteiger partial charge in [-0.25, -0.2) is 0 Å². The monoisotopic (exact) mass is 271 g/mol. The van der Waals surface area contributed by atoms with E-state index in [1.807, 2.05) is 36.4 Å². The quantitative estimate of drug-likeness (QED) is 0.839. The normalized spacial score (nSPS) is 21.8. The van der Waals surface area contributed by atoms with Crippen LogP contribution in [0.15, 0.2) is 36.4 Å². The number of rotatable bonds is 2. The van der Waals surface area contributed by atoms with Crippen LogP contribution in [0.25, 0.3) is 0 Å². The molecule has 1 aromatic rings. The van der Waals surface area contributed by atoms with Gasteiger partial charge >= 0.3 is 5.97 Å². The second-order valence-electron chi connectivity index (χ2n) is 5.45. The summed E-state index contributed by atoms with van der Waals surface area (Å²) in [6, 6.07) is 7.51. The lowest BCUT2D eigenvalue weighted by molar-refractivity contribution is -0.142. The first-order valence-electron chi connectivity index (χ1n) is 6.91. The van der Waals surface area contributed by atoms with Crippen LogP contribution in [0.4, 0.5) is 0 Å². The fourth-order valence-corrected chi connectivity index (χ4v) is 3.06. The van der Waals surface area contributed by atoms with Crippen molar-refractivity contribution in [3.05, 3.63) is 47.5 Å². The summed E-state index contributed by atoms with van der Waals surface area (Å²) in [6.45, 7) is 0.803. The molecule has 1 unspecified atom stereocenters. The number of carboxylic acids is 1. The maximum absolute atomic E-state index is 12.5. The van der Waals surface area contributed by atoms with Crippen LogP contribution in [0.5, 0.6) is 0 Å². The number of benzene rings is 1. The first-order valence-corrected chi connectivity index (χ1v) is 6.91. The molecule has 104 valence electrons. The van der Waals surface area contributed by atoms with Crippen molar-refractivity contribution in [2.45, 2.75) is 25.3 Å². The van der Waals surface area contributed by atoms with Crippen LogP contribution in [-0.2, 0) is 16.1 Å². The Hall–Kier alpha value is -2.10. The molecule has 4 nitrogen and oxygen atoms in total. The highest BCUT2D eigenvalue weighted by Crippen LogP contribution is 2.31. The van der Waals surface area contributed by atoms with Crippen molar-refractivity contribution in [1.29, 1.82) is 0 Å². The third-order valence-corrected chi connectivity index (χ3v) is 4.16. The van der Waals surface area contributed by atoms with Crippen molar-refractivity contribution < 1.29 is 14.7 Å². The van der Waals surface area contributed by atoms with Gasteiger partial charge in [0.1, 0.15) is 0 Å². The topological polar surface area (TPSA) is 57.6 Å². The van der Waals surface area contributed by atoms with Crippen LogP contribution in [0.2, 0.25) is 0 Å². The molecule has 0 saturated carbocycles. The lowest BCUT2D eigenvalue weighted by Gasteiger charge is -2.34. The molecule has 1 atom stereocenters. The second-order valence-corrected chi connectivity index (χ2v) is 5.45. The minimum atomic E-state index is -0.862. The van der Waals surface area contributed by atoms with Gasteiger partial charge in [-0.05, 0) is 24.0 Å². The molecule has 0 radical (unpaired) electrons. The summed E-state index contributed by atoms with van der Waals surface area (Å²) in [7, 11) is 0. The summed E-state index contributed by atoms with van der Waals surface area (Å²) in [5.41, 5.74) is 1.79. The molecule has 0 fully saturated rings. The molecular formula is C16H17NO3. The number of fused-ring (bicyclic) bond motifs is 1. The Bertz CT molecular complexity index is 571. The highest BCUT2D eigenvalue weighted by molar-refractivity contribution is 5.83. The van der Waals surface area contributed by atoms with Crippen molar-refractivity contribution in [3.63, 3.8) is 0 Å². The Kier molecular flexibility index (Phi) is 3.30. The average Bonchev–Trinajstić information content (AvgIpc) is 2.99. The molecule has 1 aromatic carbocycles. The highest BCUT2D eigenvalue weighted by Gasteiger charge is 2.34. The molecule has 1 aliphatic heterocycles. The summed E-state index contributed by atoms with van der Waals surface area (Å²) in [5, 5.41) is 9.40. The van der Waals surface area contributed by atoms with Gasteiger partial charge in [0.2, 0.25) is 5.91 Å². The molecule has 1 heterocycles. The first-order chi connectivity index (χ1) is 9.66. The van der Waals surface area contributed by atoms with Gasteiger partial charge < -0.3 is 10.0 Å². The molecular weight excluding hydrogens is 254 g/mol. The summed E-state index contributed by atoms with van der Waals surface area (Å²) in [4.78, 5) is 25.6. The SMILES string of the molecule is O=C(O)C1CN(C(=O)C2CC=CC2)Cc2ccccc21. The van der Waals surface area contributed by atoms with Gasteiger partial charge in [-0.2, -0.15) is 0 Å². The molecule has 0 bridgehead atoms. The number of carbonyl (C=O) groups is 2. The van der Waals surface area contributed by atoms with Crippen molar-refractivity contribution in [1.82, 2.24) is 4.90 Å². The van der Waals surface area contributed by atoms with Gasteiger partial charge in [-0.15, -0.1) is 0 Å². The molecule has 1 aliphatic carbocycles. The van der Waals surface area contributed by atoms with Crippen LogP contribution in [-0.4, -0.2) is 28.4 Å². The molecule has 20 heavy (non-hydrogen) atoms. The smallest absolute Gasteiger partial charge is 0.312 e. The standard InChI is InChI=1S/C16H17NO3/c18-15(11-5-1-2-6-11)17-9-12-7-3-4-8-13(12)14(10-17)16(19)20/h1-4,7-8,11,14H,5-6,9-10H2,(H,19,20). The van der Waals surface area contributed by atoms with Crippen molar-refractivity contribution in [2.75, 3.05) is 6.54 Å². The third kappa shape index (κ3) is 2.22. The number of hydrogen-bond donors (Lipinski definition) is 1. The summed E-state index contributed by atoms with van der Waals surface area (Å²) >= 11 is 0. The number of carboxylic acid groups (broad SMARTS) is 1. The summed E-state index contributed by atoms with van der Waals surface area (Å²) in [5.74, 6) is -1.40. The second kappa shape index (κ2) is 5.12. The van der Waals surface area contributed by atoms with E-state index in [-0.39, 0.29) is 18.4 Å². The van der Waals surface area contributed by atoms with Crippen molar-refractivity contribution >= 4 is 11.9 Å². The van der Waals surface area contributed by atoms with Crippen LogP contribution in [0, 0.1) is 5.92 Å². The number of amides is 1. The third-order valence-electron chi connectivity index (χ3n) is 4.16. The molecule has 4 heteroatoms. The van der Waals surface area contributed by atoms with Gasteiger partial charge in [0.25, 0.3) is 0 Å². The minimum absolute atomic E-state index is 0.00490. The van der Waals surface area contributed by atoms with Crippen LogP contribution < -0.4 is 0 Å². The van der Waals surface area contributed by atoms with Gasteiger partial charge in [-0.1, -0.05) is 36.4 Å². The molecule has 0 spiro atoms. The van der Waals surface area contributed by atoms with E-state index < -0.39 is 11.9 Å². The predicted molar refractivity (Wildman–Crippen MR) is 74.1 cm³/mol. The number of aliphatic carboxylic acids is 1. The van der Waals surface area contributed by atoms with E-state index in [0.717, 1.165) is 24.0 Å².